The molecule has 0 bridgehead atoms. The molecule has 0 aliphatic carbocycles. The summed E-state index contributed by atoms with van der Waals surface area (Å²) >= 11 is 1.62. The maximum Gasteiger partial charge on any atom is 0.0795 e. The van der Waals surface area contributed by atoms with Crippen molar-refractivity contribution in [3.63, 3.8) is 0 Å². The molecule has 0 aliphatic rings. The Bertz CT molecular complexity index is 250. The van der Waals surface area contributed by atoms with Gasteiger partial charge in [0.15, 0.2) is 0 Å². The number of hydrogen-bond donors (Lipinski definition) is 2. The van der Waals surface area contributed by atoms with Crippen molar-refractivity contribution in [1.82, 2.24) is 15.6 Å². The number of rotatable bonds is 6. The summed E-state index contributed by atoms with van der Waals surface area (Å²) in [6.07, 6.45) is 5.08. The van der Waals surface area contributed by atoms with Crippen LogP contribution in [0.2, 0.25) is 0 Å². The van der Waals surface area contributed by atoms with Gasteiger partial charge in [0.2, 0.25) is 0 Å². The highest BCUT2D eigenvalue weighted by Crippen LogP contribution is 1.98. The quantitative estimate of drug-likeness (QED) is 0.511. The van der Waals surface area contributed by atoms with Crippen molar-refractivity contribution in [2.45, 2.75) is 6.54 Å². The van der Waals surface area contributed by atoms with Gasteiger partial charge in [0.1, 0.15) is 0 Å². The Kier molecular flexibility index (Phi) is 5.18. The van der Waals surface area contributed by atoms with Gasteiger partial charge in [-0.2, -0.15) is 0 Å². The molecule has 0 spiro atoms. The molecule has 4 heteroatoms. The lowest BCUT2D eigenvalue weighted by Gasteiger charge is -2.02. The maximum atomic E-state index is 5.08. The van der Waals surface area contributed by atoms with E-state index in [0.717, 1.165) is 25.3 Å². The summed E-state index contributed by atoms with van der Waals surface area (Å²) in [6, 6.07) is 0. The molecule has 0 aromatic carbocycles. The monoisotopic (exact) mass is 195 g/mol. The van der Waals surface area contributed by atoms with Crippen molar-refractivity contribution in [3.8, 4) is 12.3 Å². The van der Waals surface area contributed by atoms with Gasteiger partial charge >= 0.3 is 0 Å². The zero-order chi connectivity index (χ0) is 9.36. The van der Waals surface area contributed by atoms with E-state index in [0.29, 0.717) is 6.54 Å². The van der Waals surface area contributed by atoms with Gasteiger partial charge in [0, 0.05) is 25.0 Å². The molecule has 1 rings (SSSR count). The molecule has 0 fully saturated rings. The largest absolute Gasteiger partial charge is 0.310 e. The summed E-state index contributed by atoms with van der Waals surface area (Å²) in [5.74, 6) is 2.52. The highest BCUT2D eigenvalue weighted by molar-refractivity contribution is 7.07. The SMILES string of the molecule is C#CCNCCNCc1cscn1. The molecule has 0 saturated heterocycles. The average Bonchev–Trinajstić information content (AvgIpc) is 2.63. The van der Waals surface area contributed by atoms with Crippen molar-refractivity contribution < 1.29 is 0 Å². The van der Waals surface area contributed by atoms with E-state index in [1.54, 1.807) is 11.3 Å². The third-order valence-corrected chi connectivity index (χ3v) is 2.13. The van der Waals surface area contributed by atoms with Crippen LogP contribution in [0.1, 0.15) is 5.69 Å². The summed E-state index contributed by atoms with van der Waals surface area (Å²) in [7, 11) is 0. The summed E-state index contributed by atoms with van der Waals surface area (Å²) in [6.45, 7) is 3.28. The first-order valence-corrected chi connectivity index (χ1v) is 5.09. The van der Waals surface area contributed by atoms with Crippen molar-refractivity contribution in [3.05, 3.63) is 16.6 Å². The third-order valence-electron chi connectivity index (χ3n) is 1.50. The molecule has 1 aromatic rings. The Hall–Kier alpha value is -0.890. The van der Waals surface area contributed by atoms with Crippen LogP contribution in [0.15, 0.2) is 10.9 Å². The molecule has 0 saturated carbocycles. The van der Waals surface area contributed by atoms with Gasteiger partial charge in [0.25, 0.3) is 0 Å². The van der Waals surface area contributed by atoms with Crippen molar-refractivity contribution in [2.75, 3.05) is 19.6 Å². The number of aromatic nitrogens is 1. The summed E-state index contributed by atoms with van der Waals surface area (Å²) in [5, 5.41) is 8.40. The fourth-order valence-corrected chi connectivity index (χ4v) is 1.44. The Labute approximate surface area is 82.6 Å². The molecule has 2 N–H and O–H groups in total. The standard InChI is InChI=1S/C9H13N3S/c1-2-3-10-4-5-11-6-9-7-13-8-12-9/h1,7-8,10-11H,3-6H2. The number of terminal acetylenes is 1. The van der Waals surface area contributed by atoms with Crippen LogP contribution in [0.3, 0.4) is 0 Å². The smallest absolute Gasteiger partial charge is 0.0795 e. The average molecular weight is 195 g/mol. The minimum atomic E-state index is 0.637. The third kappa shape index (κ3) is 4.63. The van der Waals surface area contributed by atoms with Crippen LogP contribution in [0, 0.1) is 12.3 Å². The number of nitrogens with zero attached hydrogens (tertiary/aromatic N) is 1. The van der Waals surface area contributed by atoms with Crippen molar-refractivity contribution in [2.24, 2.45) is 0 Å². The minimum absolute atomic E-state index is 0.637. The number of nitrogens with one attached hydrogen (secondary N) is 2. The van der Waals surface area contributed by atoms with Crippen molar-refractivity contribution in [1.29, 1.82) is 0 Å². The maximum absolute atomic E-state index is 5.08. The fourth-order valence-electron chi connectivity index (χ4n) is 0.879. The van der Waals surface area contributed by atoms with Crippen LogP contribution in [-0.4, -0.2) is 24.6 Å². The normalized spacial score (nSPS) is 9.77. The Balaban J connectivity index is 1.94. The van der Waals surface area contributed by atoms with Crippen LogP contribution < -0.4 is 10.6 Å². The molecule has 0 radical (unpaired) electrons. The molecule has 1 heterocycles. The topological polar surface area (TPSA) is 37.0 Å². The van der Waals surface area contributed by atoms with E-state index in [1.165, 1.54) is 0 Å². The van der Waals surface area contributed by atoms with E-state index in [9.17, 15) is 0 Å². The first-order valence-electron chi connectivity index (χ1n) is 4.15. The molecule has 0 amide bonds. The summed E-state index contributed by atoms with van der Waals surface area (Å²) in [5.41, 5.74) is 2.94. The molecule has 0 unspecified atom stereocenters. The molecule has 1 aromatic heterocycles. The Morgan fingerprint density at radius 1 is 1.46 bits per heavy atom. The Morgan fingerprint density at radius 3 is 3.00 bits per heavy atom. The highest BCUT2D eigenvalue weighted by atomic mass is 32.1. The lowest BCUT2D eigenvalue weighted by Crippen LogP contribution is -2.27. The number of thiazole rings is 1. The fraction of sp³-hybridized carbons (Fsp3) is 0.444. The minimum Gasteiger partial charge on any atom is -0.310 e. The zero-order valence-corrected chi connectivity index (χ0v) is 8.23. The second-order valence-corrected chi connectivity index (χ2v) is 3.26. The van der Waals surface area contributed by atoms with Gasteiger partial charge in [0.05, 0.1) is 17.7 Å². The molecule has 70 valence electrons. The first-order chi connectivity index (χ1) is 6.43. The van der Waals surface area contributed by atoms with Crippen LogP contribution in [0.5, 0.6) is 0 Å². The second-order valence-electron chi connectivity index (χ2n) is 2.54. The molecular weight excluding hydrogens is 182 g/mol. The van der Waals surface area contributed by atoms with Gasteiger partial charge < -0.3 is 10.6 Å². The predicted octanol–water partition coefficient (Wildman–Crippen LogP) is 0.455. The molecule has 3 nitrogen and oxygen atoms in total. The van der Waals surface area contributed by atoms with Gasteiger partial charge in [-0.1, -0.05) is 5.92 Å². The van der Waals surface area contributed by atoms with E-state index < -0.39 is 0 Å². The van der Waals surface area contributed by atoms with Gasteiger partial charge in [-0.25, -0.2) is 4.98 Å². The molecule has 0 atom stereocenters. The van der Waals surface area contributed by atoms with Crippen LogP contribution >= 0.6 is 11.3 Å². The Morgan fingerprint density at radius 2 is 2.31 bits per heavy atom. The van der Waals surface area contributed by atoms with Crippen molar-refractivity contribution >= 4 is 11.3 Å². The predicted molar refractivity (Wildman–Crippen MR) is 55.5 cm³/mol. The molecule has 0 aliphatic heterocycles. The van der Waals surface area contributed by atoms with E-state index >= 15 is 0 Å². The first kappa shape index (κ1) is 10.2. The van der Waals surface area contributed by atoms with Crippen LogP contribution in [-0.2, 0) is 6.54 Å². The van der Waals surface area contributed by atoms with Gasteiger partial charge in [-0.15, -0.1) is 17.8 Å². The lowest BCUT2D eigenvalue weighted by atomic mass is 10.4. The van der Waals surface area contributed by atoms with E-state index in [2.05, 4.69) is 21.5 Å². The van der Waals surface area contributed by atoms with E-state index in [4.69, 9.17) is 6.42 Å². The van der Waals surface area contributed by atoms with E-state index in [1.807, 2.05) is 10.9 Å². The zero-order valence-electron chi connectivity index (χ0n) is 7.42. The van der Waals surface area contributed by atoms with Crippen LogP contribution in [0.4, 0.5) is 0 Å². The highest BCUT2D eigenvalue weighted by Gasteiger charge is 1.92. The number of hydrogen-bond acceptors (Lipinski definition) is 4. The summed E-state index contributed by atoms with van der Waals surface area (Å²) < 4.78 is 0. The molecular formula is C9H13N3S. The van der Waals surface area contributed by atoms with Gasteiger partial charge in [-0.05, 0) is 0 Å². The molecule has 13 heavy (non-hydrogen) atoms. The lowest BCUT2D eigenvalue weighted by molar-refractivity contribution is 0.632. The van der Waals surface area contributed by atoms with E-state index in [-0.39, 0.29) is 0 Å². The van der Waals surface area contributed by atoms with Gasteiger partial charge in [-0.3, -0.25) is 0 Å². The van der Waals surface area contributed by atoms with Crippen LogP contribution in [0.25, 0.3) is 0 Å². The second kappa shape index (κ2) is 6.61. The summed E-state index contributed by atoms with van der Waals surface area (Å²) in [4.78, 5) is 4.15.